The van der Waals surface area contributed by atoms with Crippen molar-refractivity contribution in [3.63, 3.8) is 0 Å². The minimum absolute atomic E-state index is 1.01. The van der Waals surface area contributed by atoms with Crippen molar-refractivity contribution < 1.29 is 4.42 Å². The molecular weight excluding hydrogens is 160 g/mol. The summed E-state index contributed by atoms with van der Waals surface area (Å²) in [7, 11) is 0. The van der Waals surface area contributed by atoms with E-state index in [1.165, 1.54) is 25.7 Å². The lowest BCUT2D eigenvalue weighted by Crippen LogP contribution is -1.82. The third-order valence-corrected chi connectivity index (χ3v) is 2.34. The average Bonchev–Trinajstić information content (AvgIpc) is 2.60. The Kier molecular flexibility index (Phi) is 4.66. The summed E-state index contributed by atoms with van der Waals surface area (Å²) >= 11 is 0. The molecule has 0 fully saturated rings. The van der Waals surface area contributed by atoms with Gasteiger partial charge in [0.05, 0.1) is 0 Å². The second-order valence-corrected chi connectivity index (χ2v) is 3.53. The van der Waals surface area contributed by atoms with Gasteiger partial charge in [-0.1, -0.05) is 33.1 Å². The van der Waals surface area contributed by atoms with Gasteiger partial charge in [-0.05, 0) is 18.6 Å². The highest BCUT2D eigenvalue weighted by atomic mass is 16.3. The van der Waals surface area contributed by atoms with Gasteiger partial charge < -0.3 is 4.42 Å². The summed E-state index contributed by atoms with van der Waals surface area (Å²) in [5, 5.41) is 0. The van der Waals surface area contributed by atoms with Crippen molar-refractivity contribution in [2.24, 2.45) is 0 Å². The van der Waals surface area contributed by atoms with Crippen molar-refractivity contribution in [2.45, 2.75) is 52.4 Å². The summed E-state index contributed by atoms with van der Waals surface area (Å²) in [6.07, 6.45) is 7.37. The van der Waals surface area contributed by atoms with Crippen LogP contribution in [0.2, 0.25) is 0 Å². The molecule has 0 saturated carbocycles. The Hall–Kier alpha value is -0.720. The van der Waals surface area contributed by atoms with Crippen LogP contribution in [-0.4, -0.2) is 0 Å². The van der Waals surface area contributed by atoms with Crippen molar-refractivity contribution in [3.8, 4) is 0 Å². The molecule has 0 aromatic carbocycles. The largest absolute Gasteiger partial charge is 0.466 e. The van der Waals surface area contributed by atoms with Crippen molar-refractivity contribution in [1.82, 2.24) is 0 Å². The molecule has 1 aromatic heterocycles. The average molecular weight is 180 g/mol. The van der Waals surface area contributed by atoms with Gasteiger partial charge >= 0.3 is 0 Å². The van der Waals surface area contributed by atoms with Gasteiger partial charge in [0.2, 0.25) is 0 Å². The minimum atomic E-state index is 1.01. The van der Waals surface area contributed by atoms with Crippen LogP contribution in [-0.2, 0) is 12.8 Å². The van der Waals surface area contributed by atoms with Gasteiger partial charge in [0.15, 0.2) is 0 Å². The van der Waals surface area contributed by atoms with Crippen molar-refractivity contribution in [1.29, 1.82) is 0 Å². The second kappa shape index (κ2) is 5.85. The highest BCUT2D eigenvalue weighted by Gasteiger charge is 1.99. The lowest BCUT2D eigenvalue weighted by molar-refractivity contribution is 0.459. The van der Waals surface area contributed by atoms with Crippen molar-refractivity contribution in [2.75, 3.05) is 0 Å². The van der Waals surface area contributed by atoms with Gasteiger partial charge in [0.1, 0.15) is 11.5 Å². The smallest absolute Gasteiger partial charge is 0.104 e. The van der Waals surface area contributed by atoms with E-state index in [0.717, 1.165) is 24.4 Å². The summed E-state index contributed by atoms with van der Waals surface area (Å²) in [6.45, 7) is 4.36. The summed E-state index contributed by atoms with van der Waals surface area (Å²) in [6, 6.07) is 4.21. The van der Waals surface area contributed by atoms with E-state index >= 15 is 0 Å². The molecule has 74 valence electrons. The van der Waals surface area contributed by atoms with Gasteiger partial charge in [-0.3, -0.25) is 0 Å². The fraction of sp³-hybridized carbons (Fsp3) is 0.667. The second-order valence-electron chi connectivity index (χ2n) is 3.53. The molecule has 0 aliphatic heterocycles. The Morgan fingerprint density at radius 1 is 1.00 bits per heavy atom. The molecule has 0 amide bonds. The maximum Gasteiger partial charge on any atom is 0.104 e. The first kappa shape index (κ1) is 10.4. The Labute approximate surface area is 81.1 Å². The number of unbranched alkanes of at least 4 members (excludes halogenated alkanes) is 3. The molecular formula is C12H20O. The Bertz CT molecular complexity index is 225. The van der Waals surface area contributed by atoms with Crippen LogP contribution in [0.5, 0.6) is 0 Å². The summed E-state index contributed by atoms with van der Waals surface area (Å²) < 4.78 is 5.61. The van der Waals surface area contributed by atoms with Gasteiger partial charge in [0, 0.05) is 12.8 Å². The van der Waals surface area contributed by atoms with Crippen LogP contribution in [0.3, 0.4) is 0 Å². The van der Waals surface area contributed by atoms with Crippen LogP contribution >= 0.6 is 0 Å². The van der Waals surface area contributed by atoms with Crippen LogP contribution in [0.1, 0.15) is 51.1 Å². The van der Waals surface area contributed by atoms with E-state index in [4.69, 9.17) is 4.42 Å². The summed E-state index contributed by atoms with van der Waals surface area (Å²) in [5.74, 6) is 2.28. The molecule has 0 aliphatic carbocycles. The predicted octanol–water partition coefficient (Wildman–Crippen LogP) is 3.96. The molecule has 1 nitrogen and oxygen atoms in total. The van der Waals surface area contributed by atoms with E-state index in [0.29, 0.717) is 0 Å². The molecule has 0 N–H and O–H groups in total. The van der Waals surface area contributed by atoms with Gasteiger partial charge in [0.25, 0.3) is 0 Å². The standard InChI is InChI=1S/C12H20O/c1-3-5-6-7-8-12-10-9-11(4-2)13-12/h9-10H,3-8H2,1-2H3. The first-order valence-electron chi connectivity index (χ1n) is 5.44. The van der Waals surface area contributed by atoms with E-state index in [1.807, 2.05) is 0 Å². The lowest BCUT2D eigenvalue weighted by Gasteiger charge is -1.96. The Balaban J connectivity index is 2.20. The van der Waals surface area contributed by atoms with Crippen LogP contribution < -0.4 is 0 Å². The number of hydrogen-bond acceptors (Lipinski definition) is 1. The van der Waals surface area contributed by atoms with Crippen molar-refractivity contribution in [3.05, 3.63) is 23.7 Å². The number of furan rings is 1. The minimum Gasteiger partial charge on any atom is -0.466 e. The van der Waals surface area contributed by atoms with E-state index in [1.54, 1.807) is 0 Å². The molecule has 0 bridgehead atoms. The monoisotopic (exact) mass is 180 g/mol. The number of rotatable bonds is 6. The van der Waals surface area contributed by atoms with Gasteiger partial charge in [-0.15, -0.1) is 0 Å². The molecule has 0 spiro atoms. The molecule has 13 heavy (non-hydrogen) atoms. The number of aryl methyl sites for hydroxylation is 2. The zero-order chi connectivity index (χ0) is 9.52. The van der Waals surface area contributed by atoms with Crippen LogP contribution in [0.15, 0.2) is 16.5 Å². The highest BCUT2D eigenvalue weighted by Crippen LogP contribution is 2.12. The third-order valence-electron chi connectivity index (χ3n) is 2.34. The topological polar surface area (TPSA) is 13.1 Å². The molecule has 0 saturated heterocycles. The first-order valence-corrected chi connectivity index (χ1v) is 5.44. The van der Waals surface area contributed by atoms with Crippen molar-refractivity contribution >= 4 is 0 Å². The highest BCUT2D eigenvalue weighted by molar-refractivity contribution is 5.06. The van der Waals surface area contributed by atoms with E-state index in [-0.39, 0.29) is 0 Å². The first-order chi connectivity index (χ1) is 6.36. The van der Waals surface area contributed by atoms with Crippen LogP contribution in [0.4, 0.5) is 0 Å². The van der Waals surface area contributed by atoms with E-state index in [2.05, 4.69) is 26.0 Å². The molecule has 1 heteroatoms. The van der Waals surface area contributed by atoms with E-state index in [9.17, 15) is 0 Å². The zero-order valence-electron chi connectivity index (χ0n) is 8.81. The molecule has 1 heterocycles. The summed E-state index contributed by atoms with van der Waals surface area (Å²) in [5.41, 5.74) is 0. The van der Waals surface area contributed by atoms with Crippen LogP contribution in [0.25, 0.3) is 0 Å². The molecule has 0 radical (unpaired) electrons. The summed E-state index contributed by atoms with van der Waals surface area (Å²) in [4.78, 5) is 0. The SMILES string of the molecule is CCCCCCc1ccc(CC)o1. The molecule has 1 aromatic rings. The normalized spacial score (nSPS) is 10.6. The van der Waals surface area contributed by atoms with Crippen LogP contribution in [0, 0.1) is 0 Å². The molecule has 0 unspecified atom stereocenters. The maximum atomic E-state index is 5.61. The third kappa shape index (κ3) is 3.67. The fourth-order valence-electron chi connectivity index (χ4n) is 1.47. The number of hydrogen-bond donors (Lipinski definition) is 0. The predicted molar refractivity (Wildman–Crippen MR) is 55.9 cm³/mol. The molecule has 1 rings (SSSR count). The Morgan fingerprint density at radius 2 is 1.77 bits per heavy atom. The molecule has 0 atom stereocenters. The lowest BCUT2D eigenvalue weighted by atomic mass is 10.1. The van der Waals surface area contributed by atoms with E-state index < -0.39 is 0 Å². The quantitative estimate of drug-likeness (QED) is 0.604. The van der Waals surface area contributed by atoms with Gasteiger partial charge in [-0.2, -0.15) is 0 Å². The fourth-order valence-corrected chi connectivity index (χ4v) is 1.47. The zero-order valence-corrected chi connectivity index (χ0v) is 8.81. The Morgan fingerprint density at radius 3 is 2.38 bits per heavy atom. The molecule has 0 aliphatic rings. The van der Waals surface area contributed by atoms with Gasteiger partial charge in [-0.25, -0.2) is 0 Å². The maximum absolute atomic E-state index is 5.61.